The number of likely N-dealkylation sites (tertiary alicyclic amines) is 1. The van der Waals surface area contributed by atoms with Crippen LogP contribution in [0.5, 0.6) is 0 Å². The molecule has 1 aromatic heterocycles. The summed E-state index contributed by atoms with van der Waals surface area (Å²) in [6.45, 7) is 2.41. The SMILES string of the molecule is CNC(=O)C1CCN(C(CN)c2ccc(Cl)s2)CC1. The van der Waals surface area contributed by atoms with Gasteiger partial charge in [0.1, 0.15) is 0 Å². The Bertz CT molecular complexity index is 429. The standard InChI is InChI=1S/C13H20ClN3OS/c1-16-13(18)9-4-6-17(7-5-9)10(8-15)11-2-3-12(14)19-11/h2-3,9-10H,4-8,15H2,1H3,(H,16,18). The lowest BCUT2D eigenvalue weighted by molar-refractivity contribution is -0.126. The van der Waals surface area contributed by atoms with Crippen LogP contribution in [0.15, 0.2) is 12.1 Å². The van der Waals surface area contributed by atoms with Crippen LogP contribution < -0.4 is 11.1 Å². The normalized spacial score (nSPS) is 19.3. The van der Waals surface area contributed by atoms with E-state index in [0.29, 0.717) is 6.54 Å². The predicted molar refractivity (Wildman–Crippen MR) is 79.5 cm³/mol. The number of halogens is 1. The maximum Gasteiger partial charge on any atom is 0.222 e. The molecule has 0 spiro atoms. The average molecular weight is 302 g/mol. The first-order valence-corrected chi connectivity index (χ1v) is 7.76. The quantitative estimate of drug-likeness (QED) is 0.892. The highest BCUT2D eigenvalue weighted by atomic mass is 35.5. The van der Waals surface area contributed by atoms with E-state index in [1.165, 1.54) is 4.88 Å². The maximum atomic E-state index is 11.6. The number of carbonyl (C=O) groups excluding carboxylic acids is 1. The number of rotatable bonds is 4. The molecule has 1 aliphatic rings. The number of piperidine rings is 1. The number of carbonyl (C=O) groups is 1. The molecule has 6 heteroatoms. The number of hydrogen-bond acceptors (Lipinski definition) is 4. The van der Waals surface area contributed by atoms with Gasteiger partial charge in [-0.3, -0.25) is 9.69 Å². The lowest BCUT2D eigenvalue weighted by Gasteiger charge is -2.36. The molecule has 0 saturated carbocycles. The van der Waals surface area contributed by atoms with Gasteiger partial charge in [-0.15, -0.1) is 11.3 Å². The van der Waals surface area contributed by atoms with Crippen molar-refractivity contribution < 1.29 is 4.79 Å². The molecule has 1 amide bonds. The highest BCUT2D eigenvalue weighted by Crippen LogP contribution is 2.32. The summed E-state index contributed by atoms with van der Waals surface area (Å²) in [4.78, 5) is 15.2. The third-order valence-corrected chi connectivity index (χ3v) is 5.07. The summed E-state index contributed by atoms with van der Waals surface area (Å²) in [6, 6.07) is 4.19. The van der Waals surface area contributed by atoms with Crippen LogP contribution in [0.3, 0.4) is 0 Å². The second kappa shape index (κ2) is 6.70. The molecular formula is C13H20ClN3OS. The summed E-state index contributed by atoms with van der Waals surface area (Å²) in [5, 5.41) is 2.73. The van der Waals surface area contributed by atoms with Gasteiger partial charge in [0, 0.05) is 24.4 Å². The first kappa shape index (κ1) is 14.8. The van der Waals surface area contributed by atoms with Crippen molar-refractivity contribution in [1.82, 2.24) is 10.2 Å². The first-order chi connectivity index (χ1) is 9.15. The molecule has 1 aliphatic heterocycles. The third-order valence-electron chi connectivity index (χ3n) is 3.73. The molecule has 2 heterocycles. The van der Waals surface area contributed by atoms with Gasteiger partial charge in [-0.25, -0.2) is 0 Å². The second-order valence-corrected chi connectivity index (χ2v) is 6.56. The zero-order valence-electron chi connectivity index (χ0n) is 11.1. The summed E-state index contributed by atoms with van der Waals surface area (Å²) < 4.78 is 0.800. The van der Waals surface area contributed by atoms with Crippen LogP contribution in [0.4, 0.5) is 0 Å². The fourth-order valence-corrected chi connectivity index (χ4v) is 3.84. The van der Waals surface area contributed by atoms with Crippen LogP contribution in [0.1, 0.15) is 23.8 Å². The van der Waals surface area contributed by atoms with Crippen LogP contribution in [0, 0.1) is 5.92 Å². The Kier molecular flexibility index (Phi) is 5.21. The topological polar surface area (TPSA) is 58.4 Å². The Labute approximate surface area is 122 Å². The first-order valence-electron chi connectivity index (χ1n) is 6.56. The molecule has 1 saturated heterocycles. The van der Waals surface area contributed by atoms with Crippen LogP contribution in [0.25, 0.3) is 0 Å². The Morgan fingerprint density at radius 1 is 1.58 bits per heavy atom. The van der Waals surface area contributed by atoms with E-state index in [1.807, 2.05) is 6.07 Å². The van der Waals surface area contributed by atoms with Gasteiger partial charge in [-0.2, -0.15) is 0 Å². The number of nitrogens with two attached hydrogens (primary N) is 1. The molecule has 19 heavy (non-hydrogen) atoms. The van der Waals surface area contributed by atoms with Crippen LogP contribution in [0.2, 0.25) is 4.34 Å². The smallest absolute Gasteiger partial charge is 0.222 e. The monoisotopic (exact) mass is 301 g/mol. The van der Waals surface area contributed by atoms with Gasteiger partial charge in [0.15, 0.2) is 0 Å². The minimum absolute atomic E-state index is 0.145. The van der Waals surface area contributed by atoms with Crippen molar-refractivity contribution in [3.8, 4) is 0 Å². The molecule has 0 aromatic carbocycles. The summed E-state index contributed by atoms with van der Waals surface area (Å²) >= 11 is 7.58. The largest absolute Gasteiger partial charge is 0.359 e. The van der Waals surface area contributed by atoms with Crippen molar-refractivity contribution in [3.63, 3.8) is 0 Å². The molecule has 1 aromatic rings. The van der Waals surface area contributed by atoms with Gasteiger partial charge in [-0.05, 0) is 38.1 Å². The van der Waals surface area contributed by atoms with Gasteiger partial charge >= 0.3 is 0 Å². The van der Waals surface area contributed by atoms with Crippen LogP contribution in [-0.4, -0.2) is 37.5 Å². The molecule has 0 aliphatic carbocycles. The Hall–Kier alpha value is -0.620. The van der Waals surface area contributed by atoms with Gasteiger partial charge in [-0.1, -0.05) is 11.6 Å². The Morgan fingerprint density at radius 2 is 2.26 bits per heavy atom. The number of nitrogens with zero attached hydrogens (tertiary/aromatic N) is 1. The molecular weight excluding hydrogens is 282 g/mol. The molecule has 2 rings (SSSR count). The zero-order chi connectivity index (χ0) is 13.8. The number of hydrogen-bond donors (Lipinski definition) is 2. The average Bonchev–Trinajstić information content (AvgIpc) is 2.86. The van der Waals surface area contributed by atoms with Crippen molar-refractivity contribution in [2.75, 3.05) is 26.7 Å². The molecule has 3 N–H and O–H groups in total. The van der Waals surface area contributed by atoms with Crippen LogP contribution in [-0.2, 0) is 4.79 Å². The van der Waals surface area contributed by atoms with Crippen molar-refractivity contribution in [3.05, 3.63) is 21.3 Å². The minimum atomic E-state index is 0.145. The van der Waals surface area contributed by atoms with Crippen LogP contribution >= 0.6 is 22.9 Å². The van der Waals surface area contributed by atoms with E-state index >= 15 is 0 Å². The number of thiophene rings is 1. The van der Waals surface area contributed by atoms with E-state index in [0.717, 1.165) is 30.3 Å². The summed E-state index contributed by atoms with van der Waals surface area (Å²) in [5.41, 5.74) is 5.91. The van der Waals surface area contributed by atoms with E-state index in [4.69, 9.17) is 17.3 Å². The predicted octanol–water partition coefficient (Wildman–Crippen LogP) is 1.86. The van der Waals surface area contributed by atoms with Gasteiger partial charge in [0.2, 0.25) is 5.91 Å². The number of amides is 1. The van der Waals surface area contributed by atoms with E-state index in [9.17, 15) is 4.79 Å². The van der Waals surface area contributed by atoms with Crippen molar-refractivity contribution in [1.29, 1.82) is 0 Å². The second-order valence-electron chi connectivity index (χ2n) is 4.82. The molecule has 106 valence electrons. The molecule has 0 bridgehead atoms. The highest BCUT2D eigenvalue weighted by Gasteiger charge is 2.28. The van der Waals surface area contributed by atoms with Gasteiger partial charge in [0.05, 0.1) is 10.4 Å². The lowest BCUT2D eigenvalue weighted by atomic mass is 9.94. The summed E-state index contributed by atoms with van der Waals surface area (Å²) in [7, 11) is 1.70. The number of nitrogens with one attached hydrogen (secondary N) is 1. The van der Waals surface area contributed by atoms with Gasteiger partial charge < -0.3 is 11.1 Å². The zero-order valence-corrected chi connectivity index (χ0v) is 12.6. The Morgan fingerprint density at radius 3 is 2.74 bits per heavy atom. The Balaban J connectivity index is 1.97. The highest BCUT2D eigenvalue weighted by molar-refractivity contribution is 7.16. The van der Waals surface area contributed by atoms with E-state index in [2.05, 4.69) is 16.3 Å². The van der Waals surface area contributed by atoms with Crippen molar-refractivity contribution >= 4 is 28.8 Å². The third kappa shape index (κ3) is 3.48. The minimum Gasteiger partial charge on any atom is -0.359 e. The van der Waals surface area contributed by atoms with Crippen molar-refractivity contribution in [2.45, 2.75) is 18.9 Å². The van der Waals surface area contributed by atoms with E-state index < -0.39 is 0 Å². The molecule has 4 nitrogen and oxygen atoms in total. The summed E-state index contributed by atoms with van der Waals surface area (Å²) in [6.07, 6.45) is 1.80. The molecule has 1 atom stereocenters. The van der Waals surface area contributed by atoms with Gasteiger partial charge in [0.25, 0.3) is 0 Å². The van der Waals surface area contributed by atoms with E-state index in [-0.39, 0.29) is 17.9 Å². The maximum absolute atomic E-state index is 11.6. The summed E-state index contributed by atoms with van der Waals surface area (Å²) in [5.74, 6) is 0.301. The molecule has 1 unspecified atom stereocenters. The molecule has 0 radical (unpaired) electrons. The fraction of sp³-hybridized carbons (Fsp3) is 0.615. The molecule has 1 fully saturated rings. The van der Waals surface area contributed by atoms with Crippen molar-refractivity contribution in [2.24, 2.45) is 11.7 Å². The lowest BCUT2D eigenvalue weighted by Crippen LogP contribution is -2.42. The van der Waals surface area contributed by atoms with E-state index in [1.54, 1.807) is 18.4 Å². The fourth-order valence-electron chi connectivity index (χ4n) is 2.63.